The van der Waals surface area contributed by atoms with Crippen molar-refractivity contribution >= 4 is 16.9 Å². The predicted octanol–water partition coefficient (Wildman–Crippen LogP) is 2.41. The van der Waals surface area contributed by atoms with Crippen LogP contribution >= 0.6 is 0 Å². The summed E-state index contributed by atoms with van der Waals surface area (Å²) in [6.45, 7) is 6.88. The van der Waals surface area contributed by atoms with E-state index in [0.29, 0.717) is 12.5 Å². The Kier molecular flexibility index (Phi) is 3.79. The zero-order valence-electron chi connectivity index (χ0n) is 11.8. The lowest BCUT2D eigenvalue weighted by Crippen LogP contribution is -2.45. The van der Waals surface area contributed by atoms with Gasteiger partial charge in [-0.1, -0.05) is 18.2 Å². The molecule has 0 amide bonds. The molecular weight excluding hydrogens is 236 g/mol. The van der Waals surface area contributed by atoms with Gasteiger partial charge in [-0.3, -0.25) is 4.99 Å². The molecular formula is C15H22N4. The maximum Gasteiger partial charge on any atom is 0.188 e. The number of hydrogen-bond donors (Lipinski definition) is 3. The minimum absolute atomic E-state index is 0.0473. The summed E-state index contributed by atoms with van der Waals surface area (Å²) in [5.41, 5.74) is 8.24. The number of aromatic amines is 1. The summed E-state index contributed by atoms with van der Waals surface area (Å²) in [6, 6.07) is 8.30. The average Bonchev–Trinajstić information content (AvgIpc) is 2.70. The second kappa shape index (κ2) is 5.34. The quantitative estimate of drug-likeness (QED) is 0.584. The minimum Gasteiger partial charge on any atom is -0.370 e. The van der Waals surface area contributed by atoms with E-state index >= 15 is 0 Å². The molecule has 1 heterocycles. The third-order valence-electron chi connectivity index (χ3n) is 2.84. The number of nitrogens with two attached hydrogens (primary N) is 1. The Bertz CT molecular complexity index is 575. The van der Waals surface area contributed by atoms with Crippen molar-refractivity contribution < 1.29 is 0 Å². The summed E-state index contributed by atoms with van der Waals surface area (Å²) >= 11 is 0. The number of nitrogens with zero attached hydrogens (tertiary/aromatic N) is 1. The molecule has 19 heavy (non-hydrogen) atoms. The summed E-state index contributed by atoms with van der Waals surface area (Å²) in [5.74, 6) is 0.507. The monoisotopic (exact) mass is 258 g/mol. The van der Waals surface area contributed by atoms with Crippen LogP contribution in [0.25, 0.3) is 10.9 Å². The van der Waals surface area contributed by atoms with Gasteiger partial charge in [0.1, 0.15) is 0 Å². The standard InChI is InChI=1S/C15H22N4/c1-15(2,3)19-14(16)17-9-8-11-10-18-13-7-5-4-6-12(11)13/h4-7,10,18H,8-9H2,1-3H3,(H3,16,17,19). The molecule has 4 N–H and O–H groups in total. The number of guanidine groups is 1. The molecule has 4 nitrogen and oxygen atoms in total. The number of aromatic nitrogens is 1. The van der Waals surface area contributed by atoms with E-state index < -0.39 is 0 Å². The Balaban J connectivity index is 1.98. The van der Waals surface area contributed by atoms with Crippen LogP contribution < -0.4 is 11.1 Å². The lowest BCUT2D eigenvalue weighted by atomic mass is 10.1. The van der Waals surface area contributed by atoms with Crippen molar-refractivity contribution in [2.75, 3.05) is 6.54 Å². The van der Waals surface area contributed by atoms with Gasteiger partial charge in [-0.2, -0.15) is 0 Å². The second-order valence-electron chi connectivity index (χ2n) is 5.75. The van der Waals surface area contributed by atoms with E-state index in [2.05, 4.69) is 54.3 Å². The molecule has 0 aliphatic carbocycles. The zero-order chi connectivity index (χ0) is 13.9. The summed E-state index contributed by atoms with van der Waals surface area (Å²) in [5, 5.41) is 4.42. The Morgan fingerprint density at radius 3 is 2.79 bits per heavy atom. The van der Waals surface area contributed by atoms with E-state index in [1.807, 2.05) is 12.3 Å². The van der Waals surface area contributed by atoms with Gasteiger partial charge in [0.2, 0.25) is 0 Å². The fraction of sp³-hybridized carbons (Fsp3) is 0.400. The Labute approximate surface area is 114 Å². The number of benzene rings is 1. The van der Waals surface area contributed by atoms with E-state index in [9.17, 15) is 0 Å². The van der Waals surface area contributed by atoms with Crippen LogP contribution in [-0.2, 0) is 6.42 Å². The Morgan fingerprint density at radius 1 is 1.32 bits per heavy atom. The van der Waals surface area contributed by atoms with E-state index in [0.717, 1.165) is 6.42 Å². The van der Waals surface area contributed by atoms with Gasteiger partial charge in [0.25, 0.3) is 0 Å². The number of nitrogens with one attached hydrogen (secondary N) is 2. The first kappa shape index (κ1) is 13.5. The number of H-pyrrole nitrogens is 1. The van der Waals surface area contributed by atoms with Gasteiger partial charge < -0.3 is 16.0 Å². The number of hydrogen-bond acceptors (Lipinski definition) is 1. The number of fused-ring (bicyclic) bond motifs is 1. The van der Waals surface area contributed by atoms with Crippen molar-refractivity contribution in [1.29, 1.82) is 0 Å². The van der Waals surface area contributed by atoms with Crippen molar-refractivity contribution in [2.24, 2.45) is 10.7 Å². The van der Waals surface area contributed by atoms with Crippen LogP contribution in [0.4, 0.5) is 0 Å². The van der Waals surface area contributed by atoms with Crippen LogP contribution in [0.3, 0.4) is 0 Å². The van der Waals surface area contributed by atoms with Gasteiger partial charge in [-0.15, -0.1) is 0 Å². The summed E-state index contributed by atoms with van der Waals surface area (Å²) in [7, 11) is 0. The number of aliphatic imine (C=N–C) groups is 1. The van der Waals surface area contributed by atoms with E-state index in [1.165, 1.54) is 16.5 Å². The smallest absolute Gasteiger partial charge is 0.188 e. The highest BCUT2D eigenvalue weighted by Gasteiger charge is 2.09. The highest BCUT2D eigenvalue weighted by molar-refractivity contribution is 5.83. The second-order valence-corrected chi connectivity index (χ2v) is 5.75. The molecule has 0 saturated carbocycles. The lowest BCUT2D eigenvalue weighted by molar-refractivity contribution is 0.508. The molecule has 0 atom stereocenters. The molecule has 0 spiro atoms. The first-order valence-electron chi connectivity index (χ1n) is 6.59. The molecule has 0 aliphatic heterocycles. The first-order chi connectivity index (χ1) is 8.96. The number of para-hydroxylation sites is 1. The molecule has 0 radical (unpaired) electrons. The van der Waals surface area contributed by atoms with Crippen LogP contribution in [0.15, 0.2) is 35.5 Å². The Morgan fingerprint density at radius 2 is 2.05 bits per heavy atom. The van der Waals surface area contributed by atoms with Crippen molar-refractivity contribution in [3.63, 3.8) is 0 Å². The summed E-state index contributed by atoms with van der Waals surface area (Å²) < 4.78 is 0. The fourth-order valence-corrected chi connectivity index (χ4v) is 2.06. The van der Waals surface area contributed by atoms with Crippen LogP contribution in [0, 0.1) is 0 Å². The molecule has 2 rings (SSSR count). The Hall–Kier alpha value is -1.97. The van der Waals surface area contributed by atoms with Gasteiger partial charge in [0.15, 0.2) is 5.96 Å². The van der Waals surface area contributed by atoms with E-state index in [4.69, 9.17) is 5.73 Å². The summed E-state index contributed by atoms with van der Waals surface area (Å²) in [6.07, 6.45) is 2.93. The molecule has 1 aromatic carbocycles. The third kappa shape index (κ3) is 3.74. The molecule has 0 unspecified atom stereocenters. The fourth-order valence-electron chi connectivity index (χ4n) is 2.06. The van der Waals surface area contributed by atoms with Crippen LogP contribution in [-0.4, -0.2) is 23.0 Å². The third-order valence-corrected chi connectivity index (χ3v) is 2.84. The molecule has 102 valence electrons. The minimum atomic E-state index is -0.0473. The summed E-state index contributed by atoms with van der Waals surface area (Å²) in [4.78, 5) is 7.63. The SMILES string of the molecule is CC(C)(C)NC(N)=NCCc1c[nH]c2ccccc12. The normalized spacial score (nSPS) is 12.9. The van der Waals surface area contributed by atoms with Gasteiger partial charge in [-0.25, -0.2) is 0 Å². The lowest BCUT2D eigenvalue weighted by Gasteiger charge is -2.20. The van der Waals surface area contributed by atoms with Crippen LogP contribution in [0.1, 0.15) is 26.3 Å². The van der Waals surface area contributed by atoms with Gasteiger partial charge in [0.05, 0.1) is 0 Å². The predicted molar refractivity (Wildman–Crippen MR) is 81.4 cm³/mol. The van der Waals surface area contributed by atoms with E-state index in [1.54, 1.807) is 0 Å². The highest BCUT2D eigenvalue weighted by Crippen LogP contribution is 2.17. The molecule has 0 aliphatic rings. The van der Waals surface area contributed by atoms with Crippen molar-refractivity contribution in [2.45, 2.75) is 32.7 Å². The molecule has 2 aromatic rings. The molecule has 0 saturated heterocycles. The molecule has 0 fully saturated rings. The van der Waals surface area contributed by atoms with Crippen molar-refractivity contribution in [3.05, 3.63) is 36.0 Å². The zero-order valence-corrected chi connectivity index (χ0v) is 11.8. The maximum absolute atomic E-state index is 5.84. The van der Waals surface area contributed by atoms with Crippen LogP contribution in [0.5, 0.6) is 0 Å². The topological polar surface area (TPSA) is 66.2 Å². The highest BCUT2D eigenvalue weighted by atomic mass is 15.1. The van der Waals surface area contributed by atoms with Gasteiger partial charge in [0, 0.05) is 29.2 Å². The van der Waals surface area contributed by atoms with Crippen molar-refractivity contribution in [3.8, 4) is 0 Å². The maximum atomic E-state index is 5.84. The van der Waals surface area contributed by atoms with Gasteiger partial charge >= 0.3 is 0 Å². The first-order valence-corrected chi connectivity index (χ1v) is 6.59. The molecule has 1 aromatic heterocycles. The molecule has 4 heteroatoms. The average molecular weight is 258 g/mol. The molecule has 0 bridgehead atoms. The van der Waals surface area contributed by atoms with Crippen molar-refractivity contribution in [1.82, 2.24) is 10.3 Å². The largest absolute Gasteiger partial charge is 0.370 e. The van der Waals surface area contributed by atoms with E-state index in [-0.39, 0.29) is 5.54 Å². The number of rotatable bonds is 3. The van der Waals surface area contributed by atoms with Gasteiger partial charge in [-0.05, 0) is 38.8 Å². The van der Waals surface area contributed by atoms with Crippen LogP contribution in [0.2, 0.25) is 0 Å².